The summed E-state index contributed by atoms with van der Waals surface area (Å²) < 4.78 is 12.8. The molecule has 0 amide bonds. The Morgan fingerprint density at radius 2 is 1.96 bits per heavy atom. The predicted octanol–water partition coefficient (Wildman–Crippen LogP) is 1.86. The van der Waals surface area contributed by atoms with Crippen LogP contribution in [0.25, 0.3) is 22.0 Å². The maximum absolute atomic E-state index is 12.1. The molecule has 0 radical (unpaired) electrons. The van der Waals surface area contributed by atoms with E-state index in [1.54, 1.807) is 6.33 Å². The lowest BCUT2D eigenvalue weighted by molar-refractivity contribution is 0.0369. The van der Waals surface area contributed by atoms with Crippen molar-refractivity contribution in [3.05, 3.63) is 41.0 Å². The molecular formula is C17H19N3O3. The molecule has 0 N–H and O–H groups in total. The standard InChI is InChI=1S/C17H19N3O3/c21-17-15-16(13-4-1-2-5-14(13)23-17)20(12-18-15)7-3-6-19-8-10-22-11-9-19/h1-2,4-5,12H,3,6-11H2. The third-order valence-electron chi connectivity index (χ3n) is 4.35. The number of rotatable bonds is 4. The van der Waals surface area contributed by atoms with Gasteiger partial charge in [-0.05, 0) is 18.6 Å². The van der Waals surface area contributed by atoms with Crippen molar-refractivity contribution in [2.24, 2.45) is 0 Å². The first kappa shape index (κ1) is 14.4. The Balaban J connectivity index is 1.61. The number of fused-ring (bicyclic) bond motifs is 3. The van der Waals surface area contributed by atoms with Crippen LogP contribution in [0.1, 0.15) is 6.42 Å². The molecule has 6 nitrogen and oxygen atoms in total. The topological polar surface area (TPSA) is 60.5 Å². The minimum Gasteiger partial charge on any atom is -0.421 e. The molecule has 0 saturated carbocycles. The summed E-state index contributed by atoms with van der Waals surface area (Å²) in [6.45, 7) is 5.50. The van der Waals surface area contributed by atoms with Gasteiger partial charge < -0.3 is 13.7 Å². The molecule has 3 aromatic rings. The molecule has 0 aliphatic carbocycles. The number of hydrogen-bond donors (Lipinski definition) is 0. The Morgan fingerprint density at radius 3 is 2.83 bits per heavy atom. The number of morpholine rings is 1. The Bertz CT molecular complexity index is 878. The van der Waals surface area contributed by atoms with Gasteiger partial charge in [0.25, 0.3) is 0 Å². The van der Waals surface area contributed by atoms with Gasteiger partial charge in [0.05, 0.1) is 25.1 Å². The van der Waals surface area contributed by atoms with Crippen LogP contribution in [-0.4, -0.2) is 47.3 Å². The zero-order chi connectivity index (χ0) is 15.6. The number of hydrogen-bond acceptors (Lipinski definition) is 5. The van der Waals surface area contributed by atoms with Crippen LogP contribution < -0.4 is 5.63 Å². The van der Waals surface area contributed by atoms with Crippen molar-refractivity contribution >= 4 is 22.0 Å². The summed E-state index contributed by atoms with van der Waals surface area (Å²) in [7, 11) is 0. The molecule has 120 valence electrons. The highest BCUT2D eigenvalue weighted by atomic mass is 16.5. The Morgan fingerprint density at radius 1 is 1.13 bits per heavy atom. The Kier molecular flexibility index (Phi) is 3.85. The van der Waals surface area contributed by atoms with E-state index in [1.807, 2.05) is 24.3 Å². The first-order valence-electron chi connectivity index (χ1n) is 8.00. The molecule has 3 heterocycles. The molecule has 0 spiro atoms. The molecule has 6 heteroatoms. The van der Waals surface area contributed by atoms with Crippen molar-refractivity contribution in [2.45, 2.75) is 13.0 Å². The summed E-state index contributed by atoms with van der Waals surface area (Å²) in [6.07, 6.45) is 2.76. The number of imidazole rings is 1. The quantitative estimate of drug-likeness (QED) is 0.688. The maximum Gasteiger partial charge on any atom is 0.364 e. The van der Waals surface area contributed by atoms with Crippen LogP contribution in [0.15, 0.2) is 39.8 Å². The minimum atomic E-state index is -0.370. The van der Waals surface area contributed by atoms with Gasteiger partial charge in [-0.3, -0.25) is 4.90 Å². The van der Waals surface area contributed by atoms with E-state index in [-0.39, 0.29) is 5.63 Å². The smallest absolute Gasteiger partial charge is 0.364 e. The van der Waals surface area contributed by atoms with Crippen molar-refractivity contribution in [1.82, 2.24) is 14.5 Å². The molecule has 1 aliphatic heterocycles. The SMILES string of the molecule is O=c1oc2ccccc2c2c1ncn2CCCN1CCOCC1. The van der Waals surface area contributed by atoms with E-state index in [4.69, 9.17) is 9.15 Å². The molecule has 1 saturated heterocycles. The maximum atomic E-state index is 12.1. The minimum absolute atomic E-state index is 0.370. The zero-order valence-corrected chi connectivity index (χ0v) is 12.9. The van der Waals surface area contributed by atoms with Crippen LogP contribution in [0.5, 0.6) is 0 Å². The van der Waals surface area contributed by atoms with E-state index in [0.717, 1.165) is 56.7 Å². The van der Waals surface area contributed by atoms with E-state index in [0.29, 0.717) is 11.1 Å². The fourth-order valence-corrected chi connectivity index (χ4v) is 3.17. The lowest BCUT2D eigenvalue weighted by Crippen LogP contribution is -2.37. The number of nitrogens with zero attached hydrogens (tertiary/aromatic N) is 3. The van der Waals surface area contributed by atoms with Gasteiger partial charge in [-0.1, -0.05) is 12.1 Å². The number of para-hydroxylation sites is 1. The number of benzene rings is 1. The van der Waals surface area contributed by atoms with E-state index in [9.17, 15) is 4.79 Å². The van der Waals surface area contributed by atoms with Gasteiger partial charge in [-0.15, -0.1) is 0 Å². The van der Waals surface area contributed by atoms with Gasteiger partial charge in [0.1, 0.15) is 5.58 Å². The van der Waals surface area contributed by atoms with E-state index < -0.39 is 0 Å². The van der Waals surface area contributed by atoms with Crippen LogP contribution in [0.3, 0.4) is 0 Å². The van der Waals surface area contributed by atoms with E-state index in [2.05, 4.69) is 14.5 Å². The summed E-state index contributed by atoms with van der Waals surface area (Å²) in [5.41, 5.74) is 1.53. The largest absolute Gasteiger partial charge is 0.421 e. The summed E-state index contributed by atoms with van der Waals surface area (Å²) >= 11 is 0. The Labute approximate surface area is 133 Å². The molecule has 23 heavy (non-hydrogen) atoms. The summed E-state index contributed by atoms with van der Waals surface area (Å²) in [4.78, 5) is 18.7. The highest BCUT2D eigenvalue weighted by Crippen LogP contribution is 2.22. The zero-order valence-electron chi connectivity index (χ0n) is 12.9. The third-order valence-corrected chi connectivity index (χ3v) is 4.35. The summed E-state index contributed by atoms with van der Waals surface area (Å²) in [6, 6.07) is 7.62. The summed E-state index contributed by atoms with van der Waals surface area (Å²) in [5, 5.41) is 0.936. The monoisotopic (exact) mass is 313 g/mol. The first-order valence-corrected chi connectivity index (χ1v) is 8.00. The fourth-order valence-electron chi connectivity index (χ4n) is 3.17. The molecule has 1 fully saturated rings. The normalized spacial score (nSPS) is 16.3. The van der Waals surface area contributed by atoms with Gasteiger partial charge in [0, 0.05) is 31.6 Å². The molecule has 1 aliphatic rings. The first-order chi connectivity index (χ1) is 11.3. The molecule has 2 aromatic heterocycles. The Hall–Kier alpha value is -2.18. The third kappa shape index (κ3) is 2.75. The van der Waals surface area contributed by atoms with Gasteiger partial charge in [0.15, 0.2) is 5.52 Å². The van der Waals surface area contributed by atoms with Crippen molar-refractivity contribution in [2.75, 3.05) is 32.8 Å². The number of ether oxygens (including phenoxy) is 1. The van der Waals surface area contributed by atoms with Crippen molar-refractivity contribution in [1.29, 1.82) is 0 Å². The van der Waals surface area contributed by atoms with E-state index in [1.165, 1.54) is 0 Å². The molecule has 4 rings (SSSR count). The van der Waals surface area contributed by atoms with Crippen LogP contribution >= 0.6 is 0 Å². The lowest BCUT2D eigenvalue weighted by atomic mass is 10.2. The summed E-state index contributed by atoms with van der Waals surface area (Å²) in [5.74, 6) is 0. The molecule has 0 unspecified atom stereocenters. The second-order valence-electron chi connectivity index (χ2n) is 5.83. The van der Waals surface area contributed by atoms with Gasteiger partial charge >= 0.3 is 5.63 Å². The van der Waals surface area contributed by atoms with Crippen LogP contribution in [-0.2, 0) is 11.3 Å². The van der Waals surface area contributed by atoms with Crippen molar-refractivity contribution < 1.29 is 9.15 Å². The molecular weight excluding hydrogens is 294 g/mol. The number of aryl methyl sites for hydroxylation is 1. The second kappa shape index (κ2) is 6.14. The van der Waals surface area contributed by atoms with E-state index >= 15 is 0 Å². The fraction of sp³-hybridized carbons (Fsp3) is 0.412. The van der Waals surface area contributed by atoms with Crippen LogP contribution in [0.4, 0.5) is 0 Å². The van der Waals surface area contributed by atoms with Gasteiger partial charge in [0.2, 0.25) is 0 Å². The predicted molar refractivity (Wildman–Crippen MR) is 87.7 cm³/mol. The van der Waals surface area contributed by atoms with Crippen LogP contribution in [0.2, 0.25) is 0 Å². The average molecular weight is 313 g/mol. The lowest BCUT2D eigenvalue weighted by Gasteiger charge is -2.26. The van der Waals surface area contributed by atoms with Crippen LogP contribution in [0, 0.1) is 0 Å². The molecule has 0 atom stereocenters. The van der Waals surface area contributed by atoms with Crippen molar-refractivity contribution in [3.63, 3.8) is 0 Å². The molecule has 0 bridgehead atoms. The highest BCUT2D eigenvalue weighted by molar-refractivity contribution is 6.00. The second-order valence-corrected chi connectivity index (χ2v) is 5.83. The van der Waals surface area contributed by atoms with Gasteiger partial charge in [-0.2, -0.15) is 0 Å². The average Bonchev–Trinajstić information content (AvgIpc) is 3.01. The highest BCUT2D eigenvalue weighted by Gasteiger charge is 2.14. The number of aromatic nitrogens is 2. The molecule has 1 aromatic carbocycles. The van der Waals surface area contributed by atoms with Gasteiger partial charge in [-0.25, -0.2) is 9.78 Å². The van der Waals surface area contributed by atoms with Crippen molar-refractivity contribution in [3.8, 4) is 0 Å².